The number of hydrogen-bond donors (Lipinski definition) is 1. The third-order valence-corrected chi connectivity index (χ3v) is 3.44. The number of carboxylic acids is 1. The van der Waals surface area contributed by atoms with Crippen LogP contribution < -0.4 is 0 Å². The molecule has 1 aromatic heterocycles. The van der Waals surface area contributed by atoms with Crippen molar-refractivity contribution in [3.8, 4) is 0 Å². The molecular formula is C13H9F3N2O2S. The Labute approximate surface area is 122 Å². The maximum Gasteiger partial charge on any atom is 0.433 e. The molecule has 4 nitrogen and oxygen atoms in total. The Morgan fingerprint density at radius 3 is 2.62 bits per heavy atom. The second-order valence-electron chi connectivity index (χ2n) is 4.11. The molecule has 0 aliphatic heterocycles. The van der Waals surface area contributed by atoms with E-state index in [9.17, 15) is 18.0 Å². The quantitative estimate of drug-likeness (QED) is 0.876. The van der Waals surface area contributed by atoms with Gasteiger partial charge in [-0.25, -0.2) is 14.8 Å². The van der Waals surface area contributed by atoms with Gasteiger partial charge in [0.1, 0.15) is 5.69 Å². The third-order valence-electron chi connectivity index (χ3n) is 2.57. The molecule has 1 heterocycles. The van der Waals surface area contributed by atoms with Crippen LogP contribution in [0.15, 0.2) is 40.5 Å². The summed E-state index contributed by atoms with van der Waals surface area (Å²) in [7, 11) is 0. The average Bonchev–Trinajstić information content (AvgIpc) is 2.40. The predicted octanol–water partition coefficient (Wildman–Crippen LogP) is 3.65. The van der Waals surface area contributed by atoms with Crippen molar-refractivity contribution < 1.29 is 23.1 Å². The van der Waals surface area contributed by atoms with Crippen LogP contribution in [0.4, 0.5) is 13.2 Å². The van der Waals surface area contributed by atoms with E-state index in [2.05, 4.69) is 9.97 Å². The number of rotatable bonds is 3. The second kappa shape index (κ2) is 5.72. The maximum atomic E-state index is 12.6. The molecule has 1 aromatic carbocycles. The SMILES string of the molecule is Cc1ccc(Sc2nccc(C(F)(F)F)n2)cc1C(=O)O. The molecule has 1 N–H and O–H groups in total. The van der Waals surface area contributed by atoms with Crippen molar-refractivity contribution in [3.05, 3.63) is 47.3 Å². The van der Waals surface area contributed by atoms with E-state index >= 15 is 0 Å². The Bertz CT molecular complexity index is 689. The van der Waals surface area contributed by atoms with Crippen molar-refractivity contribution >= 4 is 17.7 Å². The lowest BCUT2D eigenvalue weighted by Crippen LogP contribution is -2.08. The Kier molecular flexibility index (Phi) is 4.17. The van der Waals surface area contributed by atoms with Gasteiger partial charge in [-0.2, -0.15) is 13.2 Å². The maximum absolute atomic E-state index is 12.6. The molecule has 0 spiro atoms. The smallest absolute Gasteiger partial charge is 0.433 e. The molecule has 0 unspecified atom stereocenters. The number of aromatic nitrogens is 2. The van der Waals surface area contributed by atoms with Crippen molar-refractivity contribution in [1.82, 2.24) is 9.97 Å². The molecule has 0 aliphatic rings. The minimum Gasteiger partial charge on any atom is -0.478 e. The van der Waals surface area contributed by atoms with Crippen LogP contribution in [0.3, 0.4) is 0 Å². The van der Waals surface area contributed by atoms with Gasteiger partial charge < -0.3 is 5.11 Å². The highest BCUT2D eigenvalue weighted by molar-refractivity contribution is 7.99. The minimum absolute atomic E-state index is 0.0898. The average molecular weight is 314 g/mol. The molecule has 110 valence electrons. The molecule has 0 atom stereocenters. The Morgan fingerprint density at radius 1 is 1.29 bits per heavy atom. The number of nitrogens with zero attached hydrogens (tertiary/aromatic N) is 2. The molecule has 21 heavy (non-hydrogen) atoms. The molecule has 0 saturated heterocycles. The molecule has 8 heteroatoms. The fourth-order valence-corrected chi connectivity index (χ4v) is 2.33. The van der Waals surface area contributed by atoms with E-state index in [4.69, 9.17) is 5.11 Å². The van der Waals surface area contributed by atoms with Gasteiger partial charge in [-0.3, -0.25) is 0 Å². The third kappa shape index (κ3) is 3.72. The van der Waals surface area contributed by atoms with Crippen molar-refractivity contribution in [2.45, 2.75) is 23.2 Å². The van der Waals surface area contributed by atoms with Gasteiger partial charge >= 0.3 is 12.1 Å². The first-order chi connectivity index (χ1) is 9.77. The lowest BCUT2D eigenvalue weighted by molar-refractivity contribution is -0.141. The van der Waals surface area contributed by atoms with Crippen LogP contribution in [-0.4, -0.2) is 21.0 Å². The summed E-state index contributed by atoms with van der Waals surface area (Å²) in [4.78, 5) is 18.6. The molecule has 0 aliphatic carbocycles. The summed E-state index contributed by atoms with van der Waals surface area (Å²) in [6.45, 7) is 1.64. The molecular weight excluding hydrogens is 305 g/mol. The summed E-state index contributed by atoms with van der Waals surface area (Å²) >= 11 is 0.873. The molecule has 2 rings (SSSR count). The first-order valence-corrected chi connectivity index (χ1v) is 6.51. The largest absolute Gasteiger partial charge is 0.478 e. The van der Waals surface area contributed by atoms with E-state index in [1.165, 1.54) is 6.07 Å². The van der Waals surface area contributed by atoms with Crippen LogP contribution >= 0.6 is 11.8 Å². The van der Waals surface area contributed by atoms with Crippen LogP contribution in [0.25, 0.3) is 0 Å². The fourth-order valence-electron chi connectivity index (χ4n) is 1.55. The van der Waals surface area contributed by atoms with E-state index in [1.807, 2.05) is 0 Å². The van der Waals surface area contributed by atoms with Crippen molar-refractivity contribution in [2.75, 3.05) is 0 Å². The molecule has 0 saturated carbocycles. The normalized spacial score (nSPS) is 11.4. The van der Waals surface area contributed by atoms with E-state index < -0.39 is 17.8 Å². The predicted molar refractivity (Wildman–Crippen MR) is 69.3 cm³/mol. The first-order valence-electron chi connectivity index (χ1n) is 5.69. The van der Waals surface area contributed by atoms with Crippen molar-refractivity contribution in [2.24, 2.45) is 0 Å². The highest BCUT2D eigenvalue weighted by Gasteiger charge is 2.32. The van der Waals surface area contributed by atoms with E-state index in [1.54, 1.807) is 19.1 Å². The van der Waals surface area contributed by atoms with Gasteiger partial charge in [0, 0.05) is 11.1 Å². The van der Waals surface area contributed by atoms with Crippen molar-refractivity contribution in [1.29, 1.82) is 0 Å². The summed E-state index contributed by atoms with van der Waals surface area (Å²) in [5.74, 6) is -1.10. The van der Waals surface area contributed by atoms with Gasteiger partial charge in [0.2, 0.25) is 0 Å². The first kappa shape index (κ1) is 15.3. The molecule has 0 bridgehead atoms. The number of aryl methyl sites for hydroxylation is 1. The van der Waals surface area contributed by atoms with E-state index in [0.717, 1.165) is 24.0 Å². The lowest BCUT2D eigenvalue weighted by Gasteiger charge is -2.07. The Hall–Kier alpha value is -2.09. The van der Waals surface area contributed by atoms with Gasteiger partial charge in [-0.15, -0.1) is 0 Å². The number of alkyl halides is 3. The highest BCUT2D eigenvalue weighted by atomic mass is 32.2. The van der Waals surface area contributed by atoms with Gasteiger partial charge in [-0.1, -0.05) is 6.07 Å². The standard InChI is InChI=1S/C13H9F3N2O2S/c1-7-2-3-8(6-9(7)11(19)20)21-12-17-5-4-10(18-12)13(14,15)16/h2-6H,1H3,(H,19,20). The summed E-state index contributed by atoms with van der Waals surface area (Å²) in [6, 6.07) is 5.35. The Morgan fingerprint density at radius 2 is 2.00 bits per heavy atom. The number of aromatic carboxylic acids is 1. The van der Waals surface area contributed by atoms with Crippen LogP contribution in [-0.2, 0) is 6.18 Å². The Balaban J connectivity index is 2.31. The molecule has 2 aromatic rings. The summed E-state index contributed by atoms with van der Waals surface area (Å²) < 4.78 is 37.7. The number of carbonyl (C=O) groups is 1. The van der Waals surface area contributed by atoms with Crippen LogP contribution in [0.2, 0.25) is 0 Å². The minimum atomic E-state index is -4.54. The molecule has 0 radical (unpaired) electrons. The summed E-state index contributed by atoms with van der Waals surface area (Å²) in [5, 5.41) is 8.93. The van der Waals surface area contributed by atoms with E-state index in [-0.39, 0.29) is 10.7 Å². The molecule has 0 fully saturated rings. The van der Waals surface area contributed by atoms with Crippen LogP contribution in [0.1, 0.15) is 21.6 Å². The summed E-state index contributed by atoms with van der Waals surface area (Å²) in [6.07, 6.45) is -3.53. The molecule has 0 amide bonds. The van der Waals surface area contributed by atoms with E-state index in [0.29, 0.717) is 10.5 Å². The second-order valence-corrected chi connectivity index (χ2v) is 5.15. The fraction of sp³-hybridized carbons (Fsp3) is 0.154. The topological polar surface area (TPSA) is 63.1 Å². The zero-order valence-electron chi connectivity index (χ0n) is 10.7. The van der Waals surface area contributed by atoms with Gasteiger partial charge in [0.25, 0.3) is 0 Å². The van der Waals surface area contributed by atoms with Crippen molar-refractivity contribution in [3.63, 3.8) is 0 Å². The van der Waals surface area contributed by atoms with Gasteiger partial charge in [0.15, 0.2) is 5.16 Å². The lowest BCUT2D eigenvalue weighted by atomic mass is 10.1. The number of carboxylic acid groups (broad SMARTS) is 1. The van der Waals surface area contributed by atoms with Crippen LogP contribution in [0.5, 0.6) is 0 Å². The highest BCUT2D eigenvalue weighted by Crippen LogP contribution is 2.31. The number of hydrogen-bond acceptors (Lipinski definition) is 4. The number of halogens is 3. The van der Waals surface area contributed by atoms with Gasteiger partial charge in [-0.05, 0) is 42.4 Å². The van der Waals surface area contributed by atoms with Crippen LogP contribution in [0, 0.1) is 6.92 Å². The summed E-state index contributed by atoms with van der Waals surface area (Å²) in [5.41, 5.74) is -0.380. The number of benzene rings is 1. The monoisotopic (exact) mass is 314 g/mol. The zero-order chi connectivity index (χ0) is 15.6. The zero-order valence-corrected chi connectivity index (χ0v) is 11.5. The van der Waals surface area contributed by atoms with Gasteiger partial charge in [0.05, 0.1) is 5.56 Å².